The molecule has 0 bridgehead atoms. The molecular formula is C10H15Cl2OTi. The van der Waals surface area contributed by atoms with Crippen molar-refractivity contribution in [3.8, 4) is 0 Å². The molecule has 0 N–H and O–H groups in total. The first kappa shape index (κ1) is 17.1. The average Bonchev–Trinajstić information content (AvgIpc) is 2.67. The van der Waals surface area contributed by atoms with Gasteiger partial charge in [-0.2, -0.15) is 0 Å². The summed E-state index contributed by atoms with van der Waals surface area (Å²) in [5.41, 5.74) is 1.44. The Labute approximate surface area is 111 Å². The van der Waals surface area contributed by atoms with E-state index in [1.165, 1.54) is 28.7 Å². The monoisotopic (exact) mass is 269 g/mol. The van der Waals surface area contributed by atoms with Crippen LogP contribution >= 0.6 is 0 Å². The quantitative estimate of drug-likeness (QED) is 0.416. The zero-order valence-corrected chi connectivity index (χ0v) is 11.4. The second kappa shape index (κ2) is 10.3. The topological polar surface area (TPSA) is 9.23 Å². The van der Waals surface area contributed by atoms with Gasteiger partial charge in [0.05, 0.1) is 0 Å². The predicted molar refractivity (Wildman–Crippen MR) is 46.5 cm³/mol. The molecule has 0 amide bonds. The van der Waals surface area contributed by atoms with E-state index in [2.05, 4.69) is 39.5 Å². The Morgan fingerprint density at radius 2 is 1.79 bits per heavy atom. The van der Waals surface area contributed by atoms with Crippen molar-refractivity contribution in [1.29, 1.82) is 0 Å². The van der Waals surface area contributed by atoms with Crippen LogP contribution in [0, 0.1) is 0 Å². The van der Waals surface area contributed by atoms with Gasteiger partial charge in [-0.3, -0.25) is 0 Å². The Bertz CT molecular complexity index is 191. The van der Waals surface area contributed by atoms with Gasteiger partial charge in [-0.1, -0.05) is 0 Å². The summed E-state index contributed by atoms with van der Waals surface area (Å²) in [6.45, 7) is 4.15. The minimum Gasteiger partial charge on any atom is -1.00 e. The van der Waals surface area contributed by atoms with E-state index in [1.54, 1.807) is 0 Å². The second-order valence-corrected chi connectivity index (χ2v) is 4.03. The molecule has 14 heavy (non-hydrogen) atoms. The van der Waals surface area contributed by atoms with Crippen molar-refractivity contribution in [3.05, 3.63) is 21.6 Å². The van der Waals surface area contributed by atoms with Crippen molar-refractivity contribution < 1.29 is 50.0 Å². The van der Waals surface area contributed by atoms with Gasteiger partial charge in [-0.25, -0.2) is 0 Å². The first-order chi connectivity index (χ1) is 5.80. The molecular weight excluding hydrogens is 255 g/mol. The summed E-state index contributed by atoms with van der Waals surface area (Å²) in [6, 6.07) is 0. The largest absolute Gasteiger partial charge is 1.00 e. The van der Waals surface area contributed by atoms with Crippen LogP contribution in [-0.4, -0.2) is 13.2 Å². The molecule has 1 aliphatic heterocycles. The van der Waals surface area contributed by atoms with Crippen molar-refractivity contribution in [1.82, 2.24) is 0 Å². The third-order valence-corrected chi connectivity index (χ3v) is 2.93. The maximum absolute atomic E-state index is 4.94. The van der Waals surface area contributed by atoms with Gasteiger partial charge in [0.2, 0.25) is 0 Å². The summed E-state index contributed by atoms with van der Waals surface area (Å²) >= 11 is 2.18. The van der Waals surface area contributed by atoms with E-state index in [1.807, 2.05) is 0 Å². The molecule has 0 spiro atoms. The van der Waals surface area contributed by atoms with Crippen molar-refractivity contribution in [3.63, 3.8) is 0 Å². The normalized spacial score (nSPS) is 18.2. The Morgan fingerprint density at radius 3 is 1.93 bits per heavy atom. The Balaban J connectivity index is 0. The number of hydrogen-bond acceptors (Lipinski definition) is 1. The van der Waals surface area contributed by atoms with Crippen molar-refractivity contribution in [2.75, 3.05) is 13.2 Å². The van der Waals surface area contributed by atoms with Gasteiger partial charge in [0, 0.05) is 13.2 Å². The van der Waals surface area contributed by atoms with Gasteiger partial charge in [0.1, 0.15) is 0 Å². The third kappa shape index (κ3) is 7.08. The van der Waals surface area contributed by atoms with Crippen molar-refractivity contribution in [2.24, 2.45) is 0 Å². The maximum atomic E-state index is 4.94. The van der Waals surface area contributed by atoms with E-state index in [0.29, 0.717) is 0 Å². The Kier molecular flexibility index (Phi) is 12.6. The molecule has 0 aromatic carbocycles. The molecule has 0 atom stereocenters. The predicted octanol–water partition coefficient (Wildman–Crippen LogP) is -3.43. The Morgan fingerprint density at radius 1 is 1.21 bits per heavy atom. The van der Waals surface area contributed by atoms with Crippen LogP contribution in [0.5, 0.6) is 0 Å². The number of hydrogen-bond donors (Lipinski definition) is 0. The van der Waals surface area contributed by atoms with Crippen LogP contribution in [0.15, 0.2) is 21.6 Å². The van der Waals surface area contributed by atoms with Gasteiger partial charge >= 0.3 is 55.4 Å². The van der Waals surface area contributed by atoms with E-state index in [-0.39, 0.29) is 24.8 Å². The number of ether oxygens (including phenoxy) is 1. The second-order valence-electron chi connectivity index (χ2n) is 3.09. The van der Waals surface area contributed by atoms with Crippen LogP contribution in [0.4, 0.5) is 0 Å². The summed E-state index contributed by atoms with van der Waals surface area (Å²) in [7, 11) is 0. The number of allylic oxidation sites excluding steroid dienone is 4. The van der Waals surface area contributed by atoms with Crippen LogP contribution in [0.25, 0.3) is 0 Å². The molecule has 0 aromatic rings. The first-order valence-corrected chi connectivity index (χ1v) is 5.24. The van der Waals surface area contributed by atoms with Gasteiger partial charge in [0.25, 0.3) is 0 Å². The van der Waals surface area contributed by atoms with Gasteiger partial charge in [-0.15, -0.1) is 0 Å². The van der Waals surface area contributed by atoms with Crippen LogP contribution in [0.1, 0.15) is 26.2 Å². The first-order valence-electron chi connectivity index (χ1n) is 4.46. The summed E-state index contributed by atoms with van der Waals surface area (Å²) < 4.78 is 6.46. The van der Waals surface area contributed by atoms with Gasteiger partial charge in [0.15, 0.2) is 0 Å². The van der Waals surface area contributed by atoms with E-state index < -0.39 is 0 Å². The van der Waals surface area contributed by atoms with E-state index in [0.717, 1.165) is 13.2 Å². The summed E-state index contributed by atoms with van der Waals surface area (Å²) in [5.74, 6) is 0. The van der Waals surface area contributed by atoms with Crippen LogP contribution in [0.3, 0.4) is 0 Å². The molecule has 1 aliphatic carbocycles. The minimum atomic E-state index is 0. The third-order valence-electron chi connectivity index (χ3n) is 1.99. The SMILES string of the molecule is C1CCOC1.CC1=[C]([Ti+2])CC=C1.[Cl-].[Cl-]. The minimum absolute atomic E-state index is 0. The summed E-state index contributed by atoms with van der Waals surface area (Å²) in [5, 5.41) is 0. The van der Waals surface area contributed by atoms with Crippen molar-refractivity contribution in [2.45, 2.75) is 26.2 Å². The molecule has 0 unspecified atom stereocenters. The smallest absolute Gasteiger partial charge is 1.00 e. The fourth-order valence-electron chi connectivity index (χ4n) is 1.13. The zero-order chi connectivity index (χ0) is 8.81. The molecule has 1 heterocycles. The van der Waals surface area contributed by atoms with Crippen LogP contribution in [-0.2, 0) is 25.2 Å². The number of halogens is 2. The molecule has 1 saturated heterocycles. The average molecular weight is 270 g/mol. The zero-order valence-electron chi connectivity index (χ0n) is 8.35. The van der Waals surface area contributed by atoms with Crippen LogP contribution < -0.4 is 24.8 Å². The molecule has 0 saturated carbocycles. The van der Waals surface area contributed by atoms with E-state index in [4.69, 9.17) is 4.74 Å². The molecule has 2 rings (SSSR count). The fraction of sp³-hybridized carbons (Fsp3) is 0.600. The molecule has 2 aliphatic rings. The molecule has 79 valence electrons. The van der Waals surface area contributed by atoms with Crippen molar-refractivity contribution >= 4 is 0 Å². The summed E-state index contributed by atoms with van der Waals surface area (Å²) in [4.78, 5) is 0. The maximum Gasteiger partial charge on any atom is -1.00 e. The molecule has 1 nitrogen and oxygen atoms in total. The number of rotatable bonds is 0. The van der Waals surface area contributed by atoms with E-state index in [9.17, 15) is 0 Å². The van der Waals surface area contributed by atoms with Crippen LogP contribution in [0.2, 0.25) is 0 Å². The molecule has 0 aromatic heterocycles. The Hall–Kier alpha value is 0.734. The fourth-order valence-corrected chi connectivity index (χ4v) is 1.44. The summed E-state index contributed by atoms with van der Waals surface area (Å²) in [6.07, 6.45) is 8.10. The standard InChI is InChI=1S/C6H7.C4H8O.2ClH.Ti/c1-6-4-2-3-5-6;1-2-4-5-3-1;;;/h2,4H,3H2,1H3;1-4H2;2*1H;/q;;;;+2/p-2. The molecule has 1 fully saturated rings. The van der Waals surface area contributed by atoms with Gasteiger partial charge < -0.3 is 29.6 Å². The molecule has 4 heteroatoms. The van der Waals surface area contributed by atoms with E-state index >= 15 is 0 Å². The molecule has 0 radical (unpaired) electrons. The van der Waals surface area contributed by atoms with Gasteiger partial charge in [-0.05, 0) is 12.8 Å².